The van der Waals surface area contributed by atoms with Crippen molar-refractivity contribution in [1.82, 2.24) is 10.2 Å². The molecular weight excluding hydrogens is 325 g/mol. The summed E-state index contributed by atoms with van der Waals surface area (Å²) < 4.78 is 38.1. The first-order valence-corrected chi connectivity index (χ1v) is 7.53. The lowest BCUT2D eigenvalue weighted by Gasteiger charge is -2.23. The number of carboxylic acid groups (broad SMARTS) is 1. The molecule has 0 saturated carbocycles. The smallest absolute Gasteiger partial charge is 0.416 e. The maximum atomic E-state index is 12.7. The predicted molar refractivity (Wildman–Crippen MR) is 82.4 cm³/mol. The van der Waals surface area contributed by atoms with Gasteiger partial charge in [0.25, 0.3) is 0 Å². The molecule has 0 fully saturated rings. The molecule has 0 aliphatic carbocycles. The minimum absolute atomic E-state index is 0.0122. The topological polar surface area (TPSA) is 69.6 Å². The van der Waals surface area contributed by atoms with E-state index in [0.29, 0.717) is 18.4 Å². The number of carbonyl (C=O) groups excluding carboxylic acids is 1. The fourth-order valence-electron chi connectivity index (χ4n) is 2.26. The van der Waals surface area contributed by atoms with Crippen molar-refractivity contribution in [2.75, 3.05) is 7.05 Å². The molecule has 2 N–H and O–H groups in total. The molecule has 8 heteroatoms. The third kappa shape index (κ3) is 6.47. The van der Waals surface area contributed by atoms with Gasteiger partial charge in [-0.2, -0.15) is 13.2 Å². The van der Waals surface area contributed by atoms with Crippen molar-refractivity contribution in [3.8, 4) is 0 Å². The molecule has 1 atom stereocenters. The van der Waals surface area contributed by atoms with Crippen LogP contribution in [0.15, 0.2) is 24.3 Å². The Bertz CT molecular complexity index is 576. The number of aliphatic carboxylic acids is 1. The number of urea groups is 1. The molecular formula is C16H21F3N2O3. The van der Waals surface area contributed by atoms with Crippen LogP contribution >= 0.6 is 0 Å². The van der Waals surface area contributed by atoms with Crippen LogP contribution in [0, 0.1) is 0 Å². The molecule has 1 aromatic carbocycles. The monoisotopic (exact) mass is 346 g/mol. The quantitative estimate of drug-likeness (QED) is 0.794. The molecule has 0 radical (unpaired) electrons. The molecule has 0 heterocycles. The van der Waals surface area contributed by atoms with E-state index < -0.39 is 29.8 Å². The molecule has 0 saturated heterocycles. The SMILES string of the molecule is CCC[C@H](CC(=O)O)NC(=O)N(C)Cc1cccc(C(F)(F)F)c1. The van der Waals surface area contributed by atoms with Crippen LogP contribution in [0.5, 0.6) is 0 Å². The van der Waals surface area contributed by atoms with Crippen LogP contribution in [-0.2, 0) is 17.5 Å². The number of halogens is 3. The number of carboxylic acids is 1. The summed E-state index contributed by atoms with van der Waals surface area (Å²) in [6, 6.07) is 3.71. The lowest BCUT2D eigenvalue weighted by molar-refractivity contribution is -0.138. The molecule has 2 amide bonds. The van der Waals surface area contributed by atoms with Gasteiger partial charge in [-0.15, -0.1) is 0 Å². The average molecular weight is 346 g/mol. The van der Waals surface area contributed by atoms with Crippen LogP contribution in [0.1, 0.15) is 37.3 Å². The summed E-state index contributed by atoms with van der Waals surface area (Å²) in [5, 5.41) is 11.4. The summed E-state index contributed by atoms with van der Waals surface area (Å²) >= 11 is 0. The zero-order chi connectivity index (χ0) is 18.3. The van der Waals surface area contributed by atoms with Crippen molar-refractivity contribution in [3.63, 3.8) is 0 Å². The Balaban J connectivity index is 2.71. The molecule has 0 bridgehead atoms. The first kappa shape index (κ1) is 19.8. The predicted octanol–water partition coefficient (Wildman–Crippen LogP) is 3.49. The molecule has 0 aromatic heterocycles. The Labute approximate surface area is 138 Å². The number of amides is 2. The van der Waals surface area contributed by atoms with Crippen LogP contribution in [0.3, 0.4) is 0 Å². The molecule has 5 nitrogen and oxygen atoms in total. The van der Waals surface area contributed by atoms with E-state index in [1.807, 2.05) is 6.92 Å². The molecule has 24 heavy (non-hydrogen) atoms. The van der Waals surface area contributed by atoms with E-state index in [-0.39, 0.29) is 13.0 Å². The maximum absolute atomic E-state index is 12.7. The van der Waals surface area contributed by atoms with Crippen molar-refractivity contribution >= 4 is 12.0 Å². The van der Waals surface area contributed by atoms with Gasteiger partial charge in [0, 0.05) is 19.6 Å². The molecule has 0 unspecified atom stereocenters. The van der Waals surface area contributed by atoms with Gasteiger partial charge in [0.15, 0.2) is 0 Å². The third-order valence-electron chi connectivity index (χ3n) is 3.41. The van der Waals surface area contributed by atoms with Gasteiger partial charge in [0.05, 0.1) is 12.0 Å². The summed E-state index contributed by atoms with van der Waals surface area (Å²) in [5.74, 6) is -1.02. The lowest BCUT2D eigenvalue weighted by Crippen LogP contribution is -2.43. The van der Waals surface area contributed by atoms with E-state index in [2.05, 4.69) is 5.32 Å². The second kappa shape index (κ2) is 8.56. The summed E-state index contributed by atoms with van der Waals surface area (Å²) in [5.41, 5.74) is -0.434. The lowest BCUT2D eigenvalue weighted by atomic mass is 10.1. The van der Waals surface area contributed by atoms with Crippen LogP contribution < -0.4 is 5.32 Å². The van der Waals surface area contributed by atoms with E-state index in [9.17, 15) is 22.8 Å². The van der Waals surface area contributed by atoms with Crippen molar-refractivity contribution in [1.29, 1.82) is 0 Å². The van der Waals surface area contributed by atoms with Crippen LogP contribution in [0.25, 0.3) is 0 Å². The fraction of sp³-hybridized carbons (Fsp3) is 0.500. The van der Waals surface area contributed by atoms with Crippen LogP contribution in [0.4, 0.5) is 18.0 Å². The largest absolute Gasteiger partial charge is 0.481 e. The van der Waals surface area contributed by atoms with E-state index >= 15 is 0 Å². The summed E-state index contributed by atoms with van der Waals surface area (Å²) in [6.07, 6.45) is -3.42. The standard InChI is InChI=1S/C16H21F3N2O3/c1-3-5-13(9-14(22)23)20-15(24)21(2)10-11-6-4-7-12(8-11)16(17,18)19/h4,6-8,13H,3,5,9-10H2,1-2H3,(H,20,24)(H,22,23)/t13-/m1/s1. The maximum Gasteiger partial charge on any atom is 0.416 e. The van der Waals surface area contributed by atoms with Crippen LogP contribution in [-0.4, -0.2) is 35.1 Å². The first-order valence-electron chi connectivity index (χ1n) is 7.53. The number of benzene rings is 1. The summed E-state index contributed by atoms with van der Waals surface area (Å²) in [6.45, 7) is 1.86. The Hall–Kier alpha value is -2.25. The van der Waals surface area contributed by atoms with Gasteiger partial charge in [0.1, 0.15) is 0 Å². The van der Waals surface area contributed by atoms with E-state index in [0.717, 1.165) is 12.1 Å². The number of carbonyl (C=O) groups is 2. The van der Waals surface area contributed by atoms with Gasteiger partial charge >= 0.3 is 18.2 Å². The Morgan fingerprint density at radius 2 is 2.00 bits per heavy atom. The Kier molecular flexibility index (Phi) is 7.06. The molecule has 1 rings (SSSR count). The number of rotatable bonds is 7. The van der Waals surface area contributed by atoms with Crippen molar-refractivity contribution in [3.05, 3.63) is 35.4 Å². The number of nitrogens with one attached hydrogen (secondary N) is 1. The van der Waals surface area contributed by atoms with Crippen molar-refractivity contribution < 1.29 is 27.9 Å². The normalized spacial score (nSPS) is 12.5. The van der Waals surface area contributed by atoms with Crippen molar-refractivity contribution in [2.24, 2.45) is 0 Å². The second-order valence-electron chi connectivity index (χ2n) is 5.59. The number of nitrogens with zero attached hydrogens (tertiary/aromatic N) is 1. The molecule has 0 aliphatic heterocycles. The highest BCUT2D eigenvalue weighted by Gasteiger charge is 2.30. The van der Waals surface area contributed by atoms with Crippen LogP contribution in [0.2, 0.25) is 0 Å². The highest BCUT2D eigenvalue weighted by Crippen LogP contribution is 2.29. The van der Waals surface area contributed by atoms with Gasteiger partial charge in [0.2, 0.25) is 0 Å². The third-order valence-corrected chi connectivity index (χ3v) is 3.41. The van der Waals surface area contributed by atoms with Gasteiger partial charge in [-0.25, -0.2) is 4.79 Å². The minimum Gasteiger partial charge on any atom is -0.481 e. The first-order chi connectivity index (χ1) is 11.1. The van der Waals surface area contributed by atoms with E-state index in [4.69, 9.17) is 5.11 Å². The molecule has 0 spiro atoms. The summed E-state index contributed by atoms with van der Waals surface area (Å²) in [4.78, 5) is 24.1. The van der Waals surface area contributed by atoms with Gasteiger partial charge in [-0.1, -0.05) is 25.5 Å². The molecule has 0 aliphatic rings. The van der Waals surface area contributed by atoms with Gasteiger partial charge in [-0.05, 0) is 24.1 Å². The number of alkyl halides is 3. The Morgan fingerprint density at radius 3 is 2.54 bits per heavy atom. The zero-order valence-electron chi connectivity index (χ0n) is 13.6. The average Bonchev–Trinajstić information content (AvgIpc) is 2.46. The molecule has 134 valence electrons. The zero-order valence-corrected chi connectivity index (χ0v) is 13.6. The van der Waals surface area contributed by atoms with E-state index in [1.54, 1.807) is 0 Å². The van der Waals surface area contributed by atoms with E-state index in [1.165, 1.54) is 24.1 Å². The van der Waals surface area contributed by atoms with Gasteiger partial charge in [-0.3, -0.25) is 4.79 Å². The van der Waals surface area contributed by atoms with Gasteiger partial charge < -0.3 is 15.3 Å². The fourth-order valence-corrected chi connectivity index (χ4v) is 2.26. The summed E-state index contributed by atoms with van der Waals surface area (Å²) in [7, 11) is 1.44. The molecule has 1 aromatic rings. The van der Waals surface area contributed by atoms with Crippen molar-refractivity contribution in [2.45, 2.75) is 44.9 Å². The second-order valence-corrected chi connectivity index (χ2v) is 5.59. The number of hydrogen-bond acceptors (Lipinski definition) is 2. The Morgan fingerprint density at radius 1 is 1.33 bits per heavy atom. The number of hydrogen-bond donors (Lipinski definition) is 2. The highest BCUT2D eigenvalue weighted by atomic mass is 19.4. The highest BCUT2D eigenvalue weighted by molar-refractivity contribution is 5.75. The minimum atomic E-state index is -4.44.